The van der Waals surface area contributed by atoms with Crippen LogP contribution >= 0.6 is 11.6 Å². The maximum absolute atomic E-state index is 12.8. The lowest BCUT2D eigenvalue weighted by Crippen LogP contribution is -2.38. The third-order valence-electron chi connectivity index (χ3n) is 1.77. The monoisotopic (exact) mass is 246 g/mol. The third kappa shape index (κ3) is 2.90. The predicted octanol–water partition coefficient (Wildman–Crippen LogP) is 1.08. The fourth-order valence-electron chi connectivity index (χ4n) is 0.918. The van der Waals surface area contributed by atoms with Gasteiger partial charge in [-0.25, -0.2) is 9.37 Å². The van der Waals surface area contributed by atoms with E-state index in [1.807, 2.05) is 0 Å². The predicted molar refractivity (Wildman–Crippen MR) is 53.8 cm³/mol. The number of rotatable bonds is 3. The van der Waals surface area contributed by atoms with Crippen LogP contribution in [0.2, 0.25) is 5.15 Å². The highest BCUT2D eigenvalue weighted by molar-refractivity contribution is 6.32. The molecule has 0 aromatic carbocycles. The van der Waals surface area contributed by atoms with Gasteiger partial charge in [-0.1, -0.05) is 11.6 Å². The van der Waals surface area contributed by atoms with Crippen molar-refractivity contribution in [3.05, 3.63) is 28.8 Å². The number of aliphatic carboxylic acids is 1. The molecule has 7 heteroatoms. The maximum atomic E-state index is 12.8. The summed E-state index contributed by atoms with van der Waals surface area (Å²) in [5, 5.41) is 10.5. The van der Waals surface area contributed by atoms with Gasteiger partial charge in [-0.2, -0.15) is 0 Å². The van der Waals surface area contributed by atoms with E-state index in [-0.39, 0.29) is 10.7 Å². The molecule has 1 aromatic heterocycles. The SMILES string of the molecule is C[C@H](NC(=O)c1cc(F)cnc1Cl)C(=O)O. The fraction of sp³-hybridized carbons (Fsp3) is 0.222. The molecule has 2 N–H and O–H groups in total. The summed E-state index contributed by atoms with van der Waals surface area (Å²) in [4.78, 5) is 25.4. The molecule has 16 heavy (non-hydrogen) atoms. The molecule has 0 aliphatic rings. The minimum atomic E-state index is -1.20. The normalized spacial score (nSPS) is 11.9. The third-order valence-corrected chi connectivity index (χ3v) is 2.07. The topological polar surface area (TPSA) is 79.3 Å². The number of nitrogens with one attached hydrogen (secondary N) is 1. The molecule has 0 bridgehead atoms. The van der Waals surface area contributed by atoms with E-state index in [1.165, 1.54) is 6.92 Å². The first-order valence-electron chi connectivity index (χ1n) is 4.26. The largest absolute Gasteiger partial charge is 0.480 e. The number of aromatic nitrogens is 1. The summed E-state index contributed by atoms with van der Waals surface area (Å²) in [6.45, 7) is 1.28. The molecule has 1 aromatic rings. The first-order chi connectivity index (χ1) is 7.41. The van der Waals surface area contributed by atoms with E-state index in [1.54, 1.807) is 0 Å². The Balaban J connectivity index is 2.88. The summed E-state index contributed by atoms with van der Waals surface area (Å²) in [6, 6.07) is -0.203. The molecular formula is C9H8ClFN2O3. The van der Waals surface area contributed by atoms with Crippen LogP contribution in [0.1, 0.15) is 17.3 Å². The van der Waals surface area contributed by atoms with E-state index in [9.17, 15) is 14.0 Å². The van der Waals surface area contributed by atoms with Crippen molar-refractivity contribution in [1.82, 2.24) is 10.3 Å². The quantitative estimate of drug-likeness (QED) is 0.782. The van der Waals surface area contributed by atoms with Crippen LogP contribution in [0.15, 0.2) is 12.3 Å². The molecule has 1 rings (SSSR count). The van der Waals surface area contributed by atoms with Gasteiger partial charge in [0.2, 0.25) is 0 Å². The van der Waals surface area contributed by atoms with Gasteiger partial charge in [-0.05, 0) is 13.0 Å². The van der Waals surface area contributed by atoms with Gasteiger partial charge in [0.1, 0.15) is 17.0 Å². The Morgan fingerprint density at radius 2 is 2.25 bits per heavy atom. The summed E-state index contributed by atoms with van der Waals surface area (Å²) in [6.07, 6.45) is 0.861. The lowest BCUT2D eigenvalue weighted by Gasteiger charge is -2.09. The fourth-order valence-corrected chi connectivity index (χ4v) is 1.11. The van der Waals surface area contributed by atoms with Gasteiger partial charge < -0.3 is 10.4 Å². The zero-order chi connectivity index (χ0) is 12.3. The van der Waals surface area contributed by atoms with E-state index >= 15 is 0 Å². The molecule has 86 valence electrons. The van der Waals surface area contributed by atoms with Crippen molar-refractivity contribution in [2.75, 3.05) is 0 Å². The first kappa shape index (κ1) is 12.4. The second-order valence-corrected chi connectivity index (χ2v) is 3.38. The number of carbonyl (C=O) groups excluding carboxylic acids is 1. The molecule has 0 unspecified atom stereocenters. The number of carboxylic acid groups (broad SMARTS) is 1. The zero-order valence-electron chi connectivity index (χ0n) is 8.20. The van der Waals surface area contributed by atoms with Crippen LogP contribution in [0.5, 0.6) is 0 Å². The van der Waals surface area contributed by atoms with E-state index in [0.717, 1.165) is 12.3 Å². The highest BCUT2D eigenvalue weighted by Gasteiger charge is 2.18. The summed E-state index contributed by atoms with van der Waals surface area (Å²) < 4.78 is 12.8. The van der Waals surface area contributed by atoms with Gasteiger partial charge >= 0.3 is 5.97 Å². The second kappa shape index (κ2) is 4.89. The van der Waals surface area contributed by atoms with Crippen molar-refractivity contribution in [3.8, 4) is 0 Å². The van der Waals surface area contributed by atoms with Gasteiger partial charge in [0, 0.05) is 0 Å². The van der Waals surface area contributed by atoms with Crippen molar-refractivity contribution < 1.29 is 19.1 Å². The second-order valence-electron chi connectivity index (χ2n) is 3.03. The Hall–Kier alpha value is -1.69. The van der Waals surface area contributed by atoms with Crippen molar-refractivity contribution >= 4 is 23.5 Å². The van der Waals surface area contributed by atoms with Gasteiger partial charge in [-0.15, -0.1) is 0 Å². The number of nitrogens with zero attached hydrogens (tertiary/aromatic N) is 1. The minimum absolute atomic E-state index is 0.184. The van der Waals surface area contributed by atoms with Gasteiger partial charge in [0.05, 0.1) is 11.8 Å². The Morgan fingerprint density at radius 1 is 1.62 bits per heavy atom. The zero-order valence-corrected chi connectivity index (χ0v) is 8.95. The molecule has 1 heterocycles. The van der Waals surface area contributed by atoms with E-state index in [4.69, 9.17) is 16.7 Å². The first-order valence-corrected chi connectivity index (χ1v) is 4.64. The Bertz CT molecular complexity index is 439. The van der Waals surface area contributed by atoms with Crippen LogP contribution < -0.4 is 5.32 Å². The summed E-state index contributed by atoms with van der Waals surface area (Å²) in [7, 11) is 0. The summed E-state index contributed by atoms with van der Waals surface area (Å²) >= 11 is 5.57. The van der Waals surface area contributed by atoms with Crippen LogP contribution in [0.3, 0.4) is 0 Å². The summed E-state index contributed by atoms with van der Waals surface area (Å²) in [5.74, 6) is -2.71. The average Bonchev–Trinajstić information content (AvgIpc) is 2.21. The number of hydrogen-bond donors (Lipinski definition) is 2. The number of halogens is 2. The van der Waals surface area contributed by atoms with Gasteiger partial charge in [-0.3, -0.25) is 9.59 Å². The van der Waals surface area contributed by atoms with Crippen LogP contribution in [-0.4, -0.2) is 28.0 Å². The number of amides is 1. The van der Waals surface area contributed by atoms with E-state index < -0.39 is 23.7 Å². The highest BCUT2D eigenvalue weighted by Crippen LogP contribution is 2.13. The maximum Gasteiger partial charge on any atom is 0.325 e. The molecule has 1 amide bonds. The van der Waals surface area contributed by atoms with Crippen LogP contribution in [0.4, 0.5) is 4.39 Å². The van der Waals surface area contributed by atoms with Crippen LogP contribution in [0, 0.1) is 5.82 Å². The number of hydrogen-bond acceptors (Lipinski definition) is 3. The molecule has 0 saturated heterocycles. The molecule has 0 aliphatic heterocycles. The molecule has 0 radical (unpaired) electrons. The lowest BCUT2D eigenvalue weighted by atomic mass is 10.2. The molecule has 5 nitrogen and oxygen atoms in total. The number of carbonyl (C=O) groups is 2. The van der Waals surface area contributed by atoms with Crippen molar-refractivity contribution in [3.63, 3.8) is 0 Å². The van der Waals surface area contributed by atoms with Crippen LogP contribution in [-0.2, 0) is 4.79 Å². The van der Waals surface area contributed by atoms with Gasteiger partial charge in [0.25, 0.3) is 5.91 Å². The average molecular weight is 247 g/mol. The van der Waals surface area contributed by atoms with Crippen LogP contribution in [0.25, 0.3) is 0 Å². The van der Waals surface area contributed by atoms with E-state index in [2.05, 4.69) is 10.3 Å². The molecule has 0 aliphatic carbocycles. The molecule has 0 spiro atoms. The molecule has 1 atom stereocenters. The Kier molecular flexibility index (Phi) is 3.78. The van der Waals surface area contributed by atoms with Crippen molar-refractivity contribution in [2.24, 2.45) is 0 Å². The smallest absolute Gasteiger partial charge is 0.325 e. The minimum Gasteiger partial charge on any atom is -0.480 e. The molecule has 0 fully saturated rings. The summed E-state index contributed by atoms with van der Waals surface area (Å²) in [5.41, 5.74) is -0.199. The lowest BCUT2D eigenvalue weighted by molar-refractivity contribution is -0.138. The Labute approximate surface area is 95.2 Å². The standard InChI is InChI=1S/C9H8ClFN2O3/c1-4(9(15)16)13-8(14)6-2-5(11)3-12-7(6)10/h2-4H,1H3,(H,13,14)(H,15,16)/t4-/m0/s1. The van der Waals surface area contributed by atoms with E-state index in [0.29, 0.717) is 0 Å². The number of pyridine rings is 1. The van der Waals surface area contributed by atoms with Crippen molar-refractivity contribution in [2.45, 2.75) is 13.0 Å². The Morgan fingerprint density at radius 3 is 2.81 bits per heavy atom. The molecule has 0 saturated carbocycles. The number of carboxylic acids is 1. The van der Waals surface area contributed by atoms with Gasteiger partial charge in [0.15, 0.2) is 0 Å². The van der Waals surface area contributed by atoms with Crippen molar-refractivity contribution in [1.29, 1.82) is 0 Å². The highest BCUT2D eigenvalue weighted by atomic mass is 35.5. The molecular weight excluding hydrogens is 239 g/mol.